The number of benzene rings is 1. The second kappa shape index (κ2) is 4.45. The molecule has 16 heavy (non-hydrogen) atoms. The maximum atomic E-state index is 13.3. The highest BCUT2D eigenvalue weighted by molar-refractivity contribution is 7.15. The summed E-state index contributed by atoms with van der Waals surface area (Å²) in [6.45, 7) is 0. The summed E-state index contributed by atoms with van der Waals surface area (Å²) in [6.07, 6.45) is -0.109. The van der Waals surface area contributed by atoms with Crippen LogP contribution in [0, 0.1) is 11.6 Å². The van der Waals surface area contributed by atoms with Gasteiger partial charge in [-0.05, 0) is 12.1 Å². The Morgan fingerprint density at radius 3 is 2.44 bits per heavy atom. The third kappa shape index (κ3) is 2.07. The smallest absolute Gasteiger partial charge is 0.136 e. The van der Waals surface area contributed by atoms with Gasteiger partial charge in [-0.1, -0.05) is 17.7 Å². The van der Waals surface area contributed by atoms with Crippen molar-refractivity contribution in [1.82, 2.24) is 4.98 Å². The second-order valence-corrected chi connectivity index (χ2v) is 4.73. The first-order valence-corrected chi connectivity index (χ1v) is 5.52. The number of aliphatic hydroxyl groups is 1. The van der Waals surface area contributed by atoms with E-state index in [0.717, 1.165) is 23.5 Å². The van der Waals surface area contributed by atoms with E-state index < -0.39 is 23.3 Å². The SMILES string of the molecule is OC(c1ncc(Cl)s1)c1c(F)cccc1F. The highest BCUT2D eigenvalue weighted by atomic mass is 35.5. The van der Waals surface area contributed by atoms with Crippen LogP contribution in [0.2, 0.25) is 4.34 Å². The number of thiazole rings is 1. The lowest BCUT2D eigenvalue weighted by molar-refractivity contribution is 0.208. The van der Waals surface area contributed by atoms with Gasteiger partial charge in [0.1, 0.15) is 27.1 Å². The first-order chi connectivity index (χ1) is 7.59. The number of hydrogen-bond donors (Lipinski definition) is 1. The van der Waals surface area contributed by atoms with Crippen LogP contribution >= 0.6 is 22.9 Å². The summed E-state index contributed by atoms with van der Waals surface area (Å²) in [4.78, 5) is 3.78. The predicted molar refractivity (Wildman–Crippen MR) is 57.5 cm³/mol. The Morgan fingerprint density at radius 2 is 1.94 bits per heavy atom. The summed E-state index contributed by atoms with van der Waals surface area (Å²) in [7, 11) is 0. The van der Waals surface area contributed by atoms with Crippen molar-refractivity contribution in [3.05, 3.63) is 50.9 Å². The van der Waals surface area contributed by atoms with Crippen molar-refractivity contribution in [2.45, 2.75) is 6.10 Å². The monoisotopic (exact) mass is 261 g/mol. The summed E-state index contributed by atoms with van der Waals surface area (Å²) >= 11 is 6.61. The molecule has 1 heterocycles. The fourth-order valence-electron chi connectivity index (χ4n) is 1.29. The Bertz CT molecular complexity index is 497. The van der Waals surface area contributed by atoms with Gasteiger partial charge in [-0.25, -0.2) is 13.8 Å². The van der Waals surface area contributed by atoms with Crippen LogP contribution in [0.1, 0.15) is 16.7 Å². The zero-order chi connectivity index (χ0) is 11.7. The molecule has 0 aliphatic heterocycles. The standard InChI is InChI=1S/C10H6ClF2NOS/c11-7-4-14-10(16-7)9(15)8-5(12)2-1-3-6(8)13/h1-4,9,15H. The average molecular weight is 262 g/mol. The highest BCUT2D eigenvalue weighted by Crippen LogP contribution is 2.31. The van der Waals surface area contributed by atoms with E-state index in [2.05, 4.69) is 4.98 Å². The van der Waals surface area contributed by atoms with E-state index in [1.54, 1.807) is 0 Å². The molecule has 1 aromatic carbocycles. The molecular formula is C10H6ClF2NOS. The normalized spacial score (nSPS) is 12.8. The van der Waals surface area contributed by atoms with Crippen molar-refractivity contribution in [1.29, 1.82) is 0 Å². The van der Waals surface area contributed by atoms with Crippen LogP contribution < -0.4 is 0 Å². The number of hydrogen-bond acceptors (Lipinski definition) is 3. The summed E-state index contributed by atoms with van der Waals surface area (Å²) < 4.78 is 27.0. The largest absolute Gasteiger partial charge is 0.381 e. The minimum Gasteiger partial charge on any atom is -0.381 e. The van der Waals surface area contributed by atoms with Gasteiger partial charge >= 0.3 is 0 Å². The molecule has 84 valence electrons. The Labute approximate surface area is 99.1 Å². The lowest BCUT2D eigenvalue weighted by atomic mass is 10.1. The van der Waals surface area contributed by atoms with Gasteiger partial charge in [-0.2, -0.15) is 0 Å². The van der Waals surface area contributed by atoms with Gasteiger partial charge in [-0.15, -0.1) is 11.3 Å². The second-order valence-electron chi connectivity index (χ2n) is 3.04. The third-order valence-corrected chi connectivity index (χ3v) is 3.17. The minimum absolute atomic E-state index is 0.161. The molecule has 2 aromatic rings. The Hall–Kier alpha value is -1.04. The maximum absolute atomic E-state index is 13.3. The lowest BCUT2D eigenvalue weighted by Gasteiger charge is -2.09. The number of rotatable bonds is 2. The molecule has 2 rings (SSSR count). The molecule has 0 radical (unpaired) electrons. The molecule has 1 N–H and O–H groups in total. The van der Waals surface area contributed by atoms with Crippen LogP contribution in [-0.2, 0) is 0 Å². The molecule has 1 aromatic heterocycles. The number of halogens is 3. The van der Waals surface area contributed by atoms with E-state index in [9.17, 15) is 13.9 Å². The third-order valence-electron chi connectivity index (χ3n) is 2.00. The predicted octanol–water partition coefficient (Wildman–Crippen LogP) is 3.16. The van der Waals surface area contributed by atoms with Gasteiger partial charge < -0.3 is 5.11 Å². The number of aliphatic hydroxyl groups excluding tert-OH is 1. The van der Waals surface area contributed by atoms with Crippen LogP contribution in [0.3, 0.4) is 0 Å². The molecule has 0 amide bonds. The van der Waals surface area contributed by atoms with Gasteiger partial charge in [0, 0.05) is 0 Å². The number of aromatic nitrogens is 1. The molecule has 0 aliphatic rings. The van der Waals surface area contributed by atoms with Crippen LogP contribution in [0.5, 0.6) is 0 Å². The van der Waals surface area contributed by atoms with Gasteiger partial charge in [0.05, 0.1) is 11.8 Å². The number of nitrogens with zero attached hydrogens (tertiary/aromatic N) is 1. The molecule has 1 unspecified atom stereocenters. The fourth-order valence-corrected chi connectivity index (χ4v) is 2.21. The fraction of sp³-hybridized carbons (Fsp3) is 0.100. The van der Waals surface area contributed by atoms with Crippen LogP contribution in [0.15, 0.2) is 24.4 Å². The zero-order valence-corrected chi connectivity index (χ0v) is 9.40. The zero-order valence-electron chi connectivity index (χ0n) is 7.82. The molecule has 2 nitrogen and oxygen atoms in total. The average Bonchev–Trinajstić information content (AvgIpc) is 2.64. The Balaban J connectivity index is 2.45. The van der Waals surface area contributed by atoms with E-state index in [-0.39, 0.29) is 5.01 Å². The molecule has 0 saturated carbocycles. The van der Waals surface area contributed by atoms with Crippen LogP contribution in [-0.4, -0.2) is 10.1 Å². The summed E-state index contributed by atoms with van der Waals surface area (Å²) in [5.74, 6) is -1.61. The van der Waals surface area contributed by atoms with Gasteiger partial charge in [0.25, 0.3) is 0 Å². The molecule has 0 spiro atoms. The van der Waals surface area contributed by atoms with Crippen LogP contribution in [0.25, 0.3) is 0 Å². The molecule has 0 aliphatic carbocycles. The molecule has 1 atom stereocenters. The molecule has 0 bridgehead atoms. The summed E-state index contributed by atoms with van der Waals surface area (Å²) in [5, 5.41) is 9.94. The van der Waals surface area contributed by atoms with E-state index in [0.29, 0.717) is 4.34 Å². The molecule has 6 heteroatoms. The van der Waals surface area contributed by atoms with Gasteiger partial charge in [0.15, 0.2) is 0 Å². The molecule has 0 fully saturated rings. The Morgan fingerprint density at radius 1 is 1.31 bits per heavy atom. The molecular weight excluding hydrogens is 256 g/mol. The quantitative estimate of drug-likeness (QED) is 0.901. The summed E-state index contributed by atoms with van der Waals surface area (Å²) in [6, 6.07) is 3.39. The van der Waals surface area contributed by atoms with Crippen molar-refractivity contribution < 1.29 is 13.9 Å². The molecule has 0 saturated heterocycles. The van der Waals surface area contributed by atoms with Crippen molar-refractivity contribution in [2.24, 2.45) is 0 Å². The topological polar surface area (TPSA) is 33.1 Å². The van der Waals surface area contributed by atoms with Gasteiger partial charge in [0.2, 0.25) is 0 Å². The summed E-state index contributed by atoms with van der Waals surface area (Å²) in [5.41, 5.74) is -0.409. The first-order valence-electron chi connectivity index (χ1n) is 4.33. The van der Waals surface area contributed by atoms with Crippen molar-refractivity contribution in [2.75, 3.05) is 0 Å². The van der Waals surface area contributed by atoms with E-state index in [1.165, 1.54) is 12.3 Å². The van der Waals surface area contributed by atoms with Gasteiger partial charge in [-0.3, -0.25) is 0 Å². The highest BCUT2D eigenvalue weighted by Gasteiger charge is 2.21. The van der Waals surface area contributed by atoms with Crippen molar-refractivity contribution in [3.63, 3.8) is 0 Å². The maximum Gasteiger partial charge on any atom is 0.136 e. The van der Waals surface area contributed by atoms with Crippen LogP contribution in [0.4, 0.5) is 8.78 Å². The minimum atomic E-state index is -1.43. The van der Waals surface area contributed by atoms with Crippen molar-refractivity contribution in [3.8, 4) is 0 Å². The van der Waals surface area contributed by atoms with E-state index >= 15 is 0 Å². The van der Waals surface area contributed by atoms with Crippen molar-refractivity contribution >= 4 is 22.9 Å². The van der Waals surface area contributed by atoms with E-state index in [1.807, 2.05) is 0 Å². The van der Waals surface area contributed by atoms with E-state index in [4.69, 9.17) is 11.6 Å². The Kier molecular flexibility index (Phi) is 3.18. The first kappa shape index (κ1) is 11.4. The lowest BCUT2D eigenvalue weighted by Crippen LogP contribution is -2.05.